The molecule has 2 amide bonds. The van der Waals surface area contributed by atoms with Crippen LogP contribution in [0, 0.1) is 11.8 Å². The molecule has 1 saturated heterocycles. The molecule has 2 aliphatic heterocycles. The van der Waals surface area contributed by atoms with Gasteiger partial charge in [-0.25, -0.2) is 4.98 Å². The molecule has 8 nitrogen and oxygen atoms in total. The van der Waals surface area contributed by atoms with Crippen LogP contribution in [-0.4, -0.2) is 45.8 Å². The van der Waals surface area contributed by atoms with Crippen molar-refractivity contribution in [1.82, 2.24) is 20.1 Å². The number of anilines is 1. The maximum absolute atomic E-state index is 13.0. The second-order valence-corrected chi connectivity index (χ2v) is 9.76. The predicted octanol–water partition coefficient (Wildman–Crippen LogP) is 3.58. The first-order valence-electron chi connectivity index (χ1n) is 12.0. The molecule has 1 aliphatic carbocycles. The highest BCUT2D eigenvalue weighted by Crippen LogP contribution is 2.34. The fourth-order valence-electron chi connectivity index (χ4n) is 5.21. The van der Waals surface area contributed by atoms with Crippen LogP contribution in [0.5, 0.6) is 0 Å². The van der Waals surface area contributed by atoms with Crippen molar-refractivity contribution in [2.75, 3.05) is 18.5 Å². The molecule has 3 aliphatic rings. The fraction of sp³-hybridized carbons (Fsp3) is 0.583. The number of hydrogen-bond acceptors (Lipinski definition) is 5. The number of carbonyl (C=O) groups is 2. The van der Waals surface area contributed by atoms with E-state index in [-0.39, 0.29) is 29.7 Å². The molecular weight excluding hydrogens is 442 g/mol. The highest BCUT2D eigenvalue weighted by atomic mass is 35.5. The molecule has 0 radical (unpaired) electrons. The number of carbonyl (C=O) groups excluding carboxylic acids is 2. The Hall–Kier alpha value is -2.45. The van der Waals surface area contributed by atoms with Gasteiger partial charge in [0.2, 0.25) is 11.8 Å². The van der Waals surface area contributed by atoms with Gasteiger partial charge in [0, 0.05) is 48.1 Å². The van der Waals surface area contributed by atoms with Crippen LogP contribution >= 0.6 is 11.6 Å². The van der Waals surface area contributed by atoms with Crippen LogP contribution in [0.3, 0.4) is 0 Å². The van der Waals surface area contributed by atoms with E-state index in [9.17, 15) is 9.59 Å². The van der Waals surface area contributed by atoms with Gasteiger partial charge in [-0.3, -0.25) is 14.3 Å². The molecule has 2 aromatic heterocycles. The molecule has 0 bridgehead atoms. The normalized spacial score (nSPS) is 24.8. The number of fused-ring (bicyclic) bond motifs is 1. The van der Waals surface area contributed by atoms with Crippen LogP contribution in [0.4, 0.5) is 5.82 Å². The van der Waals surface area contributed by atoms with Crippen LogP contribution in [0.1, 0.15) is 50.6 Å². The fourth-order valence-corrected chi connectivity index (χ4v) is 5.41. The number of amides is 2. The summed E-state index contributed by atoms with van der Waals surface area (Å²) in [5.74, 6) is 0.256. The lowest BCUT2D eigenvalue weighted by molar-refractivity contribution is -0.127. The SMILES string of the molecule is O=C(N[C@@H]1CCC[C@H](C(=O)Nc2cc(-c3cnn4c3CCCC4)c(Cl)cn2)C1)C1CCOC1. The van der Waals surface area contributed by atoms with Crippen molar-refractivity contribution in [3.8, 4) is 11.1 Å². The average Bonchev–Trinajstić information content (AvgIpc) is 3.51. The van der Waals surface area contributed by atoms with Gasteiger partial charge in [-0.1, -0.05) is 18.0 Å². The lowest BCUT2D eigenvalue weighted by Crippen LogP contribution is -2.43. The summed E-state index contributed by atoms with van der Waals surface area (Å²) in [6.07, 6.45) is 10.7. The average molecular weight is 472 g/mol. The van der Waals surface area contributed by atoms with Crippen molar-refractivity contribution in [1.29, 1.82) is 0 Å². The number of ether oxygens (including phenoxy) is 1. The van der Waals surface area contributed by atoms with Crippen molar-refractivity contribution in [3.63, 3.8) is 0 Å². The minimum atomic E-state index is -0.159. The number of nitrogens with zero attached hydrogens (tertiary/aromatic N) is 3. The Bertz CT molecular complexity index is 1030. The highest BCUT2D eigenvalue weighted by molar-refractivity contribution is 6.33. The molecule has 0 spiro atoms. The summed E-state index contributed by atoms with van der Waals surface area (Å²) in [7, 11) is 0. The van der Waals surface area contributed by atoms with Gasteiger partial charge >= 0.3 is 0 Å². The van der Waals surface area contributed by atoms with E-state index in [1.807, 2.05) is 16.9 Å². The van der Waals surface area contributed by atoms with Crippen molar-refractivity contribution < 1.29 is 14.3 Å². The number of nitrogens with one attached hydrogen (secondary N) is 2. The number of halogens is 1. The smallest absolute Gasteiger partial charge is 0.228 e. The Morgan fingerprint density at radius 3 is 2.82 bits per heavy atom. The molecule has 33 heavy (non-hydrogen) atoms. The van der Waals surface area contributed by atoms with Gasteiger partial charge in [-0.05, 0) is 51.0 Å². The third-order valence-corrected chi connectivity index (χ3v) is 7.37. The van der Waals surface area contributed by atoms with E-state index in [4.69, 9.17) is 16.3 Å². The summed E-state index contributed by atoms with van der Waals surface area (Å²) in [6, 6.07) is 1.87. The van der Waals surface area contributed by atoms with E-state index >= 15 is 0 Å². The van der Waals surface area contributed by atoms with Crippen molar-refractivity contribution >= 4 is 29.2 Å². The lowest BCUT2D eigenvalue weighted by atomic mass is 9.84. The Labute approximate surface area is 198 Å². The zero-order chi connectivity index (χ0) is 22.8. The zero-order valence-electron chi connectivity index (χ0n) is 18.7. The minimum absolute atomic E-state index is 0.0234. The van der Waals surface area contributed by atoms with Crippen LogP contribution < -0.4 is 10.6 Å². The van der Waals surface area contributed by atoms with Crippen LogP contribution in [0.15, 0.2) is 18.5 Å². The molecule has 1 saturated carbocycles. The van der Waals surface area contributed by atoms with E-state index in [1.54, 1.807) is 6.20 Å². The molecule has 2 N–H and O–H groups in total. The largest absolute Gasteiger partial charge is 0.381 e. The zero-order valence-corrected chi connectivity index (χ0v) is 19.4. The molecular formula is C24H30ClN5O3. The summed E-state index contributed by atoms with van der Waals surface area (Å²) in [5.41, 5.74) is 3.04. The molecule has 5 rings (SSSR count). The van der Waals surface area contributed by atoms with Crippen molar-refractivity contribution in [3.05, 3.63) is 29.2 Å². The van der Waals surface area contributed by atoms with Gasteiger partial charge in [-0.2, -0.15) is 5.10 Å². The van der Waals surface area contributed by atoms with Crippen molar-refractivity contribution in [2.24, 2.45) is 11.8 Å². The van der Waals surface area contributed by atoms with E-state index in [2.05, 4.69) is 20.7 Å². The topological polar surface area (TPSA) is 98.1 Å². The number of rotatable bonds is 5. The van der Waals surface area contributed by atoms with E-state index in [0.29, 0.717) is 30.5 Å². The maximum Gasteiger partial charge on any atom is 0.228 e. The van der Waals surface area contributed by atoms with Gasteiger partial charge < -0.3 is 15.4 Å². The molecule has 0 aromatic carbocycles. The first kappa shape index (κ1) is 22.3. The van der Waals surface area contributed by atoms with Gasteiger partial charge in [0.15, 0.2) is 0 Å². The summed E-state index contributed by atoms with van der Waals surface area (Å²) in [4.78, 5) is 29.8. The van der Waals surface area contributed by atoms with Crippen molar-refractivity contribution in [2.45, 2.75) is 64.0 Å². The summed E-state index contributed by atoms with van der Waals surface area (Å²) in [5, 5.41) is 11.2. The third kappa shape index (κ3) is 4.92. The Balaban J connectivity index is 1.24. The molecule has 3 atom stereocenters. The quantitative estimate of drug-likeness (QED) is 0.694. The van der Waals surface area contributed by atoms with Gasteiger partial charge in [0.05, 0.1) is 23.7 Å². The first-order chi connectivity index (χ1) is 16.1. The van der Waals surface area contributed by atoms with Crippen LogP contribution in [0.2, 0.25) is 5.02 Å². The summed E-state index contributed by atoms with van der Waals surface area (Å²) in [6.45, 7) is 2.06. The maximum atomic E-state index is 13.0. The second kappa shape index (κ2) is 9.81. The van der Waals surface area contributed by atoms with Gasteiger partial charge in [0.1, 0.15) is 5.82 Å². The Kier molecular flexibility index (Phi) is 6.64. The van der Waals surface area contributed by atoms with Crippen LogP contribution in [0.25, 0.3) is 11.1 Å². The van der Waals surface area contributed by atoms with E-state index in [0.717, 1.165) is 62.6 Å². The summed E-state index contributed by atoms with van der Waals surface area (Å²) < 4.78 is 7.37. The van der Waals surface area contributed by atoms with Gasteiger partial charge in [0.25, 0.3) is 0 Å². The molecule has 9 heteroatoms. The number of pyridine rings is 1. The Morgan fingerprint density at radius 2 is 1.97 bits per heavy atom. The monoisotopic (exact) mass is 471 g/mol. The molecule has 1 unspecified atom stereocenters. The van der Waals surface area contributed by atoms with E-state index in [1.165, 1.54) is 5.69 Å². The third-order valence-electron chi connectivity index (χ3n) is 7.07. The predicted molar refractivity (Wildman–Crippen MR) is 125 cm³/mol. The Morgan fingerprint density at radius 1 is 1.06 bits per heavy atom. The molecule has 2 fully saturated rings. The lowest BCUT2D eigenvalue weighted by Gasteiger charge is -2.29. The standard InChI is InChI=1S/C24H30ClN5O3/c25-20-13-26-22(11-18(20)19-12-27-30-8-2-1-6-21(19)30)29-23(31)15-4-3-5-17(10-15)28-24(32)16-7-9-33-14-16/h11-13,15-17H,1-10,14H2,(H,28,32)(H,26,29,31)/t15-,16?,17+/m0/s1. The van der Waals surface area contributed by atoms with Crippen LogP contribution in [-0.2, 0) is 27.3 Å². The molecule has 4 heterocycles. The summed E-state index contributed by atoms with van der Waals surface area (Å²) >= 11 is 6.48. The second-order valence-electron chi connectivity index (χ2n) is 9.35. The minimum Gasteiger partial charge on any atom is -0.381 e. The van der Waals surface area contributed by atoms with E-state index < -0.39 is 0 Å². The molecule has 176 valence electrons. The highest BCUT2D eigenvalue weighted by Gasteiger charge is 2.31. The first-order valence-corrected chi connectivity index (χ1v) is 12.4. The number of aryl methyl sites for hydroxylation is 1. The number of aromatic nitrogens is 3. The number of hydrogen-bond donors (Lipinski definition) is 2. The van der Waals surface area contributed by atoms with Gasteiger partial charge in [-0.15, -0.1) is 0 Å². The molecule has 2 aromatic rings.